The summed E-state index contributed by atoms with van der Waals surface area (Å²) in [7, 11) is 0.362. The van der Waals surface area contributed by atoms with E-state index >= 15 is 0 Å². The van der Waals surface area contributed by atoms with E-state index in [1.807, 2.05) is 0 Å². The maximum atomic E-state index is 11.8. The van der Waals surface area contributed by atoms with Gasteiger partial charge in [0.2, 0.25) is 0 Å². The van der Waals surface area contributed by atoms with Gasteiger partial charge in [-0.15, -0.1) is 0 Å². The van der Waals surface area contributed by atoms with E-state index in [-0.39, 0.29) is 20.8 Å². The lowest BCUT2D eigenvalue weighted by molar-refractivity contribution is -0.367. The Morgan fingerprint density at radius 3 is 0.696 bits per heavy atom. The van der Waals surface area contributed by atoms with Crippen LogP contribution in [0.1, 0.15) is 20.8 Å². The number of ether oxygens (including phenoxy) is 1. The molecular weight excluding hydrogens is 364 g/mol. The van der Waals surface area contributed by atoms with Crippen molar-refractivity contribution in [2.45, 2.75) is 51.1 Å². The maximum absolute atomic E-state index is 11.8. The molecule has 142 valence electrons. The van der Waals surface area contributed by atoms with E-state index in [1.54, 1.807) is 0 Å². The SMILES string of the molecule is CC(C)(C(F)(F)F)C(F)(F)F.COC(C)(C(F)(F)F)C(F)(F)F. The summed E-state index contributed by atoms with van der Waals surface area (Å²) in [5.41, 5.74) is -7.71. The molecule has 0 amide bonds. The molecule has 0 unspecified atom stereocenters. The van der Waals surface area contributed by atoms with Crippen LogP contribution in [0.5, 0.6) is 0 Å². The lowest BCUT2D eigenvalue weighted by atomic mass is 9.92. The predicted molar refractivity (Wildman–Crippen MR) is 53.4 cm³/mol. The molecule has 13 heteroatoms. The van der Waals surface area contributed by atoms with E-state index in [9.17, 15) is 52.7 Å². The van der Waals surface area contributed by atoms with Crippen molar-refractivity contribution in [2.24, 2.45) is 5.41 Å². The van der Waals surface area contributed by atoms with Crippen LogP contribution in [0.2, 0.25) is 0 Å². The van der Waals surface area contributed by atoms with E-state index in [0.717, 1.165) is 0 Å². The second-order valence-electron chi connectivity index (χ2n) is 4.85. The minimum Gasteiger partial charge on any atom is -0.362 e. The topological polar surface area (TPSA) is 9.23 Å². The van der Waals surface area contributed by atoms with Crippen LogP contribution in [-0.4, -0.2) is 37.4 Å². The molecule has 0 aromatic carbocycles. The first-order valence-corrected chi connectivity index (χ1v) is 5.38. The molecule has 0 atom stereocenters. The average Bonchev–Trinajstić information content (AvgIpc) is 2.22. The molecule has 0 aliphatic carbocycles. The zero-order chi connectivity index (χ0) is 19.7. The number of halogens is 12. The molecule has 0 bridgehead atoms. The summed E-state index contributed by atoms with van der Waals surface area (Å²) < 4.78 is 144. The molecule has 0 spiro atoms. The van der Waals surface area contributed by atoms with Gasteiger partial charge < -0.3 is 4.74 Å². The van der Waals surface area contributed by atoms with Gasteiger partial charge in [-0.05, 0) is 20.8 Å². The molecule has 0 saturated heterocycles. The van der Waals surface area contributed by atoms with Crippen molar-refractivity contribution in [3.05, 3.63) is 0 Å². The average molecular weight is 376 g/mol. The summed E-state index contributed by atoms with van der Waals surface area (Å²) in [5, 5.41) is 0. The van der Waals surface area contributed by atoms with Gasteiger partial charge in [-0.25, -0.2) is 0 Å². The van der Waals surface area contributed by atoms with Crippen LogP contribution in [0.3, 0.4) is 0 Å². The van der Waals surface area contributed by atoms with Crippen molar-refractivity contribution in [3.8, 4) is 0 Å². The zero-order valence-corrected chi connectivity index (χ0v) is 11.9. The third kappa shape index (κ3) is 5.31. The van der Waals surface area contributed by atoms with E-state index in [2.05, 4.69) is 4.74 Å². The number of alkyl halides is 12. The Kier molecular flexibility index (Phi) is 6.94. The molecule has 0 aromatic heterocycles. The van der Waals surface area contributed by atoms with Gasteiger partial charge in [0.25, 0.3) is 5.60 Å². The molecule has 0 aliphatic rings. The zero-order valence-electron chi connectivity index (χ0n) is 11.9. The Balaban J connectivity index is 0. The summed E-state index contributed by atoms with van der Waals surface area (Å²) in [5.74, 6) is 0. The van der Waals surface area contributed by atoms with Crippen molar-refractivity contribution >= 4 is 0 Å². The number of hydrogen-bond acceptors (Lipinski definition) is 1. The van der Waals surface area contributed by atoms with Gasteiger partial charge in [-0.3, -0.25) is 0 Å². The Labute approximate surface area is 122 Å². The lowest BCUT2D eigenvalue weighted by Gasteiger charge is -2.32. The summed E-state index contributed by atoms with van der Waals surface area (Å²) in [6.07, 6.45) is -21.4. The highest BCUT2D eigenvalue weighted by Crippen LogP contribution is 2.49. The first kappa shape index (κ1) is 24.4. The lowest BCUT2D eigenvalue weighted by Crippen LogP contribution is -2.55. The molecule has 0 N–H and O–H groups in total. The number of methoxy groups -OCH3 is 1. The molecule has 0 heterocycles. The molecule has 23 heavy (non-hydrogen) atoms. The van der Waals surface area contributed by atoms with Crippen molar-refractivity contribution in [3.63, 3.8) is 0 Å². The molecule has 0 fully saturated rings. The summed E-state index contributed by atoms with van der Waals surface area (Å²) >= 11 is 0. The maximum Gasteiger partial charge on any atom is 0.426 e. The Morgan fingerprint density at radius 2 is 0.696 bits per heavy atom. The molecular formula is C10H12F12O. The highest BCUT2D eigenvalue weighted by atomic mass is 19.4. The van der Waals surface area contributed by atoms with Gasteiger partial charge in [0.05, 0.1) is 0 Å². The van der Waals surface area contributed by atoms with E-state index < -0.39 is 35.7 Å². The minimum absolute atomic E-state index is 0.0625. The predicted octanol–water partition coefficient (Wildman–Crippen LogP) is 5.65. The molecule has 0 aliphatic heterocycles. The van der Waals surface area contributed by atoms with Crippen molar-refractivity contribution in [1.29, 1.82) is 0 Å². The normalized spacial score (nSPS) is 15.1. The van der Waals surface area contributed by atoms with Crippen LogP contribution in [-0.2, 0) is 4.74 Å². The third-order valence-electron chi connectivity index (χ3n) is 2.91. The van der Waals surface area contributed by atoms with E-state index in [4.69, 9.17) is 0 Å². The van der Waals surface area contributed by atoms with E-state index in [1.165, 1.54) is 0 Å². The molecule has 0 radical (unpaired) electrons. The van der Waals surface area contributed by atoms with Gasteiger partial charge in [0.1, 0.15) is 0 Å². The van der Waals surface area contributed by atoms with Gasteiger partial charge in [0.15, 0.2) is 5.41 Å². The van der Waals surface area contributed by atoms with Gasteiger partial charge in [0, 0.05) is 7.11 Å². The summed E-state index contributed by atoms with van der Waals surface area (Å²) in [6.45, 7) is 0.146. The summed E-state index contributed by atoms with van der Waals surface area (Å²) in [6, 6.07) is 0. The highest BCUT2D eigenvalue weighted by molar-refractivity contribution is 4.90. The minimum atomic E-state index is -5.46. The quantitative estimate of drug-likeness (QED) is 0.537. The fourth-order valence-corrected chi connectivity index (χ4v) is 0.553. The molecule has 1 nitrogen and oxygen atoms in total. The monoisotopic (exact) mass is 376 g/mol. The first-order chi connectivity index (χ1) is 9.56. The Morgan fingerprint density at radius 1 is 0.478 bits per heavy atom. The van der Waals surface area contributed by atoms with Gasteiger partial charge in [-0.2, -0.15) is 52.7 Å². The first-order valence-electron chi connectivity index (χ1n) is 5.38. The molecule has 0 aromatic rings. The van der Waals surface area contributed by atoms with Crippen molar-refractivity contribution < 1.29 is 57.4 Å². The molecule has 0 rings (SSSR count). The Bertz CT molecular complexity index is 339. The number of rotatable bonds is 1. The largest absolute Gasteiger partial charge is 0.426 e. The van der Waals surface area contributed by atoms with E-state index in [0.29, 0.717) is 7.11 Å². The third-order valence-corrected chi connectivity index (χ3v) is 2.91. The molecule has 0 saturated carbocycles. The standard InChI is InChI=1S/C5H6F6O.C5H6F6/c1-3(12-2,4(6,7)8)5(9,10)11;1-3(2,4(6,7)8)5(9,10)11/h1-2H3;1-2H3. The van der Waals surface area contributed by atoms with Crippen LogP contribution >= 0.6 is 0 Å². The fraction of sp³-hybridized carbons (Fsp3) is 1.00. The Hall–Kier alpha value is -0.880. The van der Waals surface area contributed by atoms with Crippen LogP contribution in [0.15, 0.2) is 0 Å². The van der Waals surface area contributed by atoms with Crippen LogP contribution in [0, 0.1) is 5.41 Å². The number of hydrogen-bond donors (Lipinski definition) is 0. The van der Waals surface area contributed by atoms with Gasteiger partial charge in [-0.1, -0.05) is 0 Å². The van der Waals surface area contributed by atoms with Crippen molar-refractivity contribution in [2.75, 3.05) is 7.11 Å². The van der Waals surface area contributed by atoms with Crippen molar-refractivity contribution in [1.82, 2.24) is 0 Å². The van der Waals surface area contributed by atoms with Crippen LogP contribution in [0.25, 0.3) is 0 Å². The fourth-order valence-electron chi connectivity index (χ4n) is 0.553. The van der Waals surface area contributed by atoms with Gasteiger partial charge >= 0.3 is 24.7 Å². The summed E-state index contributed by atoms with van der Waals surface area (Å²) in [4.78, 5) is 0. The second-order valence-corrected chi connectivity index (χ2v) is 4.85. The smallest absolute Gasteiger partial charge is 0.362 e. The van der Waals surface area contributed by atoms with Crippen LogP contribution in [0.4, 0.5) is 52.7 Å². The van der Waals surface area contributed by atoms with Crippen LogP contribution < -0.4 is 0 Å². The second kappa shape index (κ2) is 6.55. The highest BCUT2D eigenvalue weighted by Gasteiger charge is 2.68.